The Kier molecular flexibility index (Phi) is 15.3. The van der Waals surface area contributed by atoms with Gasteiger partial charge in [-0.15, -0.1) is 13.8 Å². The minimum Gasteiger partial charge on any atom is -0.508 e. The molecular weight excluding hydrogens is 556 g/mol. The fourth-order valence-electron chi connectivity index (χ4n) is 3.95. The van der Waals surface area contributed by atoms with Gasteiger partial charge >= 0.3 is 26.2 Å². The topological polar surface area (TPSA) is 40.5 Å². The van der Waals surface area contributed by atoms with Gasteiger partial charge in [0.05, 0.1) is 0 Å². The van der Waals surface area contributed by atoms with Crippen LogP contribution in [0.5, 0.6) is 11.5 Å². The van der Waals surface area contributed by atoms with Gasteiger partial charge in [-0.25, -0.2) is 34.4 Å². The molecule has 0 spiro atoms. The van der Waals surface area contributed by atoms with Crippen molar-refractivity contribution >= 4 is 0 Å². The van der Waals surface area contributed by atoms with Crippen molar-refractivity contribution in [1.29, 1.82) is 0 Å². The fraction of sp³-hybridized carbons (Fsp3) is 0.444. The Bertz CT molecular complexity index is 1100. The normalized spacial score (nSPS) is 14.6. The summed E-state index contributed by atoms with van der Waals surface area (Å²) in [5.74, 6) is 0.690. The second-order valence-corrected chi connectivity index (χ2v) is 12.6. The van der Waals surface area contributed by atoms with Gasteiger partial charge < -0.3 is 10.2 Å². The number of aromatic hydroxyl groups is 2. The van der Waals surface area contributed by atoms with E-state index in [1.54, 1.807) is 24.3 Å². The predicted molar refractivity (Wildman–Crippen MR) is 164 cm³/mol. The van der Waals surface area contributed by atoms with Gasteiger partial charge in [-0.2, -0.15) is 11.1 Å². The number of phenols is 2. The summed E-state index contributed by atoms with van der Waals surface area (Å²) in [5, 5.41) is 18.4. The zero-order valence-corrected chi connectivity index (χ0v) is 28.9. The summed E-state index contributed by atoms with van der Waals surface area (Å²) in [6.07, 6.45) is 8.81. The SMILES string of the molecule is CC(C)(C)c1cccc(O)c1.CC(C)(C)c1cccc(O)c1.CC1=[C-]C(C)=C(C)C1.CC1=[C-]C(C)=C(C)C1.[Zr+2]. The van der Waals surface area contributed by atoms with E-state index in [0.29, 0.717) is 11.5 Å². The molecular formula is C36H50O2Zr. The summed E-state index contributed by atoms with van der Waals surface area (Å²) in [7, 11) is 0. The quantitative estimate of drug-likeness (QED) is 0.293. The Morgan fingerprint density at radius 3 is 1.00 bits per heavy atom. The van der Waals surface area contributed by atoms with E-state index >= 15 is 0 Å². The Labute approximate surface area is 258 Å². The first-order valence-corrected chi connectivity index (χ1v) is 13.5. The summed E-state index contributed by atoms with van der Waals surface area (Å²) in [6.45, 7) is 25.6. The van der Waals surface area contributed by atoms with Crippen LogP contribution in [-0.4, -0.2) is 10.2 Å². The second kappa shape index (κ2) is 16.2. The molecule has 0 atom stereocenters. The Morgan fingerprint density at radius 1 is 0.564 bits per heavy atom. The van der Waals surface area contributed by atoms with E-state index in [-0.39, 0.29) is 37.0 Å². The van der Waals surface area contributed by atoms with E-state index < -0.39 is 0 Å². The number of hydrogen-bond acceptors (Lipinski definition) is 2. The average Bonchev–Trinajstić information content (AvgIpc) is 3.24. The molecule has 0 radical (unpaired) electrons. The summed E-state index contributed by atoms with van der Waals surface area (Å²) in [6, 6.07) is 14.8. The summed E-state index contributed by atoms with van der Waals surface area (Å²) < 4.78 is 0. The standard InChI is InChI=1S/2C10H14O.2C8H11.Zr/c2*1-10(2,3)8-5-4-6-9(11)7-8;2*1-6-4-7(2)8(3)5-6;/h2*4-7,11H,1-3H3;2*4H2,1-3H3;/q;;2*-1;+2. The van der Waals surface area contributed by atoms with Crippen molar-refractivity contribution in [2.24, 2.45) is 0 Å². The minimum atomic E-state index is 0. The molecule has 210 valence electrons. The number of phenolic OH excluding ortho intramolecular Hbond substituents is 2. The number of benzene rings is 2. The molecule has 0 bridgehead atoms. The maximum absolute atomic E-state index is 9.18. The van der Waals surface area contributed by atoms with Gasteiger partial charge in [-0.05, 0) is 46.2 Å². The monoisotopic (exact) mass is 604 g/mol. The van der Waals surface area contributed by atoms with Gasteiger partial charge in [0.1, 0.15) is 11.5 Å². The van der Waals surface area contributed by atoms with Crippen molar-refractivity contribution in [3.05, 3.63) is 105 Å². The second-order valence-electron chi connectivity index (χ2n) is 12.6. The molecule has 4 rings (SSSR count). The largest absolute Gasteiger partial charge is 2.00 e. The maximum atomic E-state index is 9.18. The molecule has 2 aliphatic rings. The number of allylic oxidation sites excluding steroid dienone is 8. The molecule has 0 saturated carbocycles. The van der Waals surface area contributed by atoms with Gasteiger partial charge in [0.25, 0.3) is 0 Å². The van der Waals surface area contributed by atoms with E-state index in [4.69, 9.17) is 0 Å². The molecule has 0 aromatic heterocycles. The Hall–Kier alpha value is -2.12. The zero-order valence-electron chi connectivity index (χ0n) is 26.4. The molecule has 0 aliphatic heterocycles. The summed E-state index contributed by atoms with van der Waals surface area (Å²) in [4.78, 5) is 0. The van der Waals surface area contributed by atoms with Crippen molar-refractivity contribution < 1.29 is 36.4 Å². The van der Waals surface area contributed by atoms with Crippen LogP contribution in [0, 0.1) is 12.2 Å². The van der Waals surface area contributed by atoms with Crippen LogP contribution in [0.4, 0.5) is 0 Å². The van der Waals surface area contributed by atoms with E-state index in [2.05, 4.69) is 95.2 Å². The van der Waals surface area contributed by atoms with Crippen LogP contribution >= 0.6 is 0 Å². The van der Waals surface area contributed by atoms with Crippen molar-refractivity contribution in [3.8, 4) is 11.5 Å². The molecule has 39 heavy (non-hydrogen) atoms. The van der Waals surface area contributed by atoms with Crippen molar-refractivity contribution in [2.45, 2.75) is 107 Å². The molecule has 0 amide bonds. The number of hydrogen-bond donors (Lipinski definition) is 2. The third-order valence-electron chi connectivity index (χ3n) is 6.57. The zero-order chi connectivity index (χ0) is 29.3. The smallest absolute Gasteiger partial charge is 0.508 e. The van der Waals surface area contributed by atoms with Crippen LogP contribution in [0.2, 0.25) is 0 Å². The number of rotatable bonds is 0. The van der Waals surface area contributed by atoms with Crippen LogP contribution in [0.15, 0.2) is 82.0 Å². The molecule has 0 saturated heterocycles. The van der Waals surface area contributed by atoms with Crippen molar-refractivity contribution in [2.75, 3.05) is 0 Å². The van der Waals surface area contributed by atoms with Gasteiger partial charge in [0, 0.05) is 0 Å². The van der Waals surface area contributed by atoms with Gasteiger partial charge in [-0.1, -0.05) is 106 Å². The molecule has 2 N–H and O–H groups in total. The fourth-order valence-corrected chi connectivity index (χ4v) is 3.95. The van der Waals surface area contributed by atoms with Crippen LogP contribution in [-0.2, 0) is 37.0 Å². The van der Waals surface area contributed by atoms with Crippen LogP contribution in [0.1, 0.15) is 107 Å². The minimum absolute atomic E-state index is 0. The van der Waals surface area contributed by atoms with Gasteiger partial charge in [0.2, 0.25) is 0 Å². The molecule has 2 aromatic rings. The maximum Gasteiger partial charge on any atom is 2.00 e. The first kappa shape index (κ1) is 36.9. The third-order valence-corrected chi connectivity index (χ3v) is 6.57. The first-order valence-electron chi connectivity index (χ1n) is 13.5. The third kappa shape index (κ3) is 14.2. The molecule has 0 unspecified atom stereocenters. The van der Waals surface area contributed by atoms with Gasteiger partial charge in [0.15, 0.2) is 0 Å². The van der Waals surface area contributed by atoms with Crippen molar-refractivity contribution in [3.63, 3.8) is 0 Å². The first-order chi connectivity index (χ1) is 17.4. The van der Waals surface area contributed by atoms with E-state index in [9.17, 15) is 10.2 Å². The molecule has 0 fully saturated rings. The van der Waals surface area contributed by atoms with Gasteiger partial charge in [-0.3, -0.25) is 0 Å². The van der Waals surface area contributed by atoms with Crippen LogP contribution in [0.3, 0.4) is 0 Å². The van der Waals surface area contributed by atoms with E-state index in [0.717, 1.165) is 24.0 Å². The van der Waals surface area contributed by atoms with Crippen LogP contribution < -0.4 is 0 Å². The Morgan fingerprint density at radius 2 is 0.872 bits per heavy atom. The Balaban J connectivity index is 0.000000495. The molecule has 2 aliphatic carbocycles. The average molecular weight is 606 g/mol. The molecule has 0 heterocycles. The predicted octanol–water partition coefficient (Wildman–Crippen LogP) is 10.3. The molecule has 3 heteroatoms. The van der Waals surface area contributed by atoms with Crippen molar-refractivity contribution in [1.82, 2.24) is 0 Å². The van der Waals surface area contributed by atoms with E-state index in [1.165, 1.54) is 33.4 Å². The van der Waals surface area contributed by atoms with E-state index in [1.807, 2.05) is 24.3 Å². The summed E-state index contributed by atoms with van der Waals surface area (Å²) in [5.41, 5.74) is 10.9. The molecule has 2 aromatic carbocycles. The summed E-state index contributed by atoms with van der Waals surface area (Å²) >= 11 is 0. The molecule has 2 nitrogen and oxygen atoms in total. The van der Waals surface area contributed by atoms with Crippen LogP contribution in [0.25, 0.3) is 0 Å².